The summed E-state index contributed by atoms with van der Waals surface area (Å²) in [6, 6.07) is 10.0. The van der Waals surface area contributed by atoms with Crippen LogP contribution in [0, 0.1) is 5.41 Å². The summed E-state index contributed by atoms with van der Waals surface area (Å²) in [4.78, 5) is 31.8. The van der Waals surface area contributed by atoms with Crippen molar-refractivity contribution in [3.8, 4) is 0 Å². The van der Waals surface area contributed by atoms with E-state index in [2.05, 4.69) is 6.07 Å². The highest BCUT2D eigenvalue weighted by atomic mass is 16.5. The molecule has 0 spiro atoms. The number of allylic oxidation sites excluding steroid dienone is 1. The van der Waals surface area contributed by atoms with Gasteiger partial charge in [-0.25, -0.2) is 4.98 Å². The Labute approximate surface area is 158 Å². The SMILES string of the molecule is C/C=C1\c2nc3ccccc3cc2CN1C(=O)C1=CC(C)(CC)C(=O)OC1. The third-order valence-corrected chi connectivity index (χ3v) is 5.51. The highest BCUT2D eigenvalue weighted by Crippen LogP contribution is 2.36. The quantitative estimate of drug-likeness (QED) is 0.762. The monoisotopic (exact) mass is 362 g/mol. The summed E-state index contributed by atoms with van der Waals surface area (Å²) in [6.07, 6.45) is 4.29. The number of benzene rings is 1. The van der Waals surface area contributed by atoms with Gasteiger partial charge in [0.25, 0.3) is 5.91 Å². The minimum absolute atomic E-state index is 0.0203. The first-order valence-corrected chi connectivity index (χ1v) is 9.23. The zero-order chi connectivity index (χ0) is 19.2. The Bertz CT molecular complexity index is 1020. The number of ether oxygens (including phenoxy) is 1. The maximum absolute atomic E-state index is 13.2. The number of cyclic esters (lactones) is 1. The lowest BCUT2D eigenvalue weighted by Crippen LogP contribution is -2.37. The Morgan fingerprint density at radius 1 is 1.37 bits per heavy atom. The fraction of sp³-hybridized carbons (Fsp3) is 0.318. The number of carbonyl (C=O) groups is 2. The molecule has 0 fully saturated rings. The zero-order valence-electron chi connectivity index (χ0n) is 15.8. The van der Waals surface area contributed by atoms with E-state index in [0.29, 0.717) is 18.5 Å². The number of rotatable bonds is 2. The number of aromatic nitrogens is 1. The summed E-state index contributed by atoms with van der Waals surface area (Å²) < 4.78 is 5.30. The van der Waals surface area contributed by atoms with E-state index in [-0.39, 0.29) is 18.5 Å². The Morgan fingerprint density at radius 3 is 2.89 bits per heavy atom. The van der Waals surface area contributed by atoms with Crippen molar-refractivity contribution in [1.29, 1.82) is 0 Å². The standard InChI is InChI=1S/C22H22N2O3/c1-4-18-19-15(10-14-8-6-7-9-17(14)23-19)12-24(18)20(25)16-11-22(3,5-2)21(26)27-13-16/h4,6-11H,5,12-13H2,1-3H3/b18-4+. The molecule has 2 aromatic rings. The van der Waals surface area contributed by atoms with E-state index in [1.807, 2.05) is 51.1 Å². The number of hydrogen-bond donors (Lipinski definition) is 0. The minimum Gasteiger partial charge on any atom is -0.460 e. The predicted molar refractivity (Wildman–Crippen MR) is 103 cm³/mol. The highest BCUT2D eigenvalue weighted by Gasteiger charge is 2.39. The van der Waals surface area contributed by atoms with E-state index in [0.717, 1.165) is 27.9 Å². The van der Waals surface area contributed by atoms with Crippen molar-refractivity contribution in [2.75, 3.05) is 6.61 Å². The average molecular weight is 362 g/mol. The summed E-state index contributed by atoms with van der Waals surface area (Å²) in [5.41, 5.74) is 3.36. The fourth-order valence-corrected chi connectivity index (χ4v) is 3.70. The number of amides is 1. The molecule has 2 aliphatic heterocycles. The second kappa shape index (κ2) is 6.34. The first-order chi connectivity index (χ1) is 13.0. The molecule has 0 saturated carbocycles. The van der Waals surface area contributed by atoms with E-state index < -0.39 is 5.41 Å². The Balaban J connectivity index is 1.72. The predicted octanol–water partition coefficient (Wildman–Crippen LogP) is 3.84. The maximum Gasteiger partial charge on any atom is 0.316 e. The van der Waals surface area contributed by atoms with Gasteiger partial charge in [0.05, 0.1) is 34.4 Å². The van der Waals surface area contributed by atoms with Crippen LogP contribution in [0.15, 0.2) is 48.1 Å². The lowest BCUT2D eigenvalue weighted by Gasteiger charge is -2.29. The molecule has 0 saturated heterocycles. The van der Waals surface area contributed by atoms with Gasteiger partial charge < -0.3 is 9.64 Å². The maximum atomic E-state index is 13.2. The van der Waals surface area contributed by atoms with Crippen LogP contribution in [-0.4, -0.2) is 28.4 Å². The molecule has 0 N–H and O–H groups in total. The highest BCUT2D eigenvalue weighted by molar-refractivity contribution is 6.02. The second-order valence-corrected chi connectivity index (χ2v) is 7.27. The topological polar surface area (TPSA) is 59.5 Å². The van der Waals surface area contributed by atoms with Gasteiger partial charge in [0.2, 0.25) is 0 Å². The van der Waals surface area contributed by atoms with Crippen molar-refractivity contribution in [3.63, 3.8) is 0 Å². The molecule has 4 rings (SSSR count). The van der Waals surface area contributed by atoms with E-state index in [1.54, 1.807) is 11.0 Å². The first-order valence-electron chi connectivity index (χ1n) is 9.23. The average Bonchev–Trinajstić information content (AvgIpc) is 3.05. The van der Waals surface area contributed by atoms with Crippen LogP contribution in [0.2, 0.25) is 0 Å². The lowest BCUT2D eigenvalue weighted by atomic mass is 9.84. The van der Waals surface area contributed by atoms with Crippen LogP contribution < -0.4 is 0 Å². The van der Waals surface area contributed by atoms with Crippen molar-refractivity contribution >= 4 is 28.5 Å². The number of pyridine rings is 1. The molecular formula is C22H22N2O3. The second-order valence-electron chi connectivity index (χ2n) is 7.27. The number of nitrogens with zero attached hydrogens (tertiary/aromatic N) is 2. The van der Waals surface area contributed by atoms with Crippen LogP contribution in [0.5, 0.6) is 0 Å². The van der Waals surface area contributed by atoms with Gasteiger partial charge in [-0.1, -0.05) is 37.3 Å². The lowest BCUT2D eigenvalue weighted by molar-refractivity contribution is -0.153. The molecule has 5 heteroatoms. The molecule has 1 unspecified atom stereocenters. The van der Waals surface area contributed by atoms with E-state index in [9.17, 15) is 9.59 Å². The van der Waals surface area contributed by atoms with Gasteiger partial charge in [-0.15, -0.1) is 0 Å². The van der Waals surface area contributed by atoms with Gasteiger partial charge in [0.1, 0.15) is 6.61 Å². The molecular weight excluding hydrogens is 340 g/mol. The number of esters is 1. The number of para-hydroxylation sites is 1. The van der Waals surface area contributed by atoms with E-state index >= 15 is 0 Å². The molecule has 2 aliphatic rings. The summed E-state index contributed by atoms with van der Waals surface area (Å²) in [5, 5.41) is 1.06. The third kappa shape index (κ3) is 2.74. The third-order valence-electron chi connectivity index (χ3n) is 5.51. The van der Waals surface area contributed by atoms with Crippen molar-refractivity contribution in [1.82, 2.24) is 9.88 Å². The van der Waals surface area contributed by atoms with Crippen molar-refractivity contribution in [2.24, 2.45) is 5.41 Å². The largest absolute Gasteiger partial charge is 0.460 e. The number of fused-ring (bicyclic) bond motifs is 2. The van der Waals surface area contributed by atoms with Crippen molar-refractivity contribution < 1.29 is 14.3 Å². The molecule has 1 atom stereocenters. The van der Waals surface area contributed by atoms with Crippen LogP contribution in [0.25, 0.3) is 16.6 Å². The van der Waals surface area contributed by atoms with Gasteiger partial charge in [-0.05, 0) is 32.4 Å². The van der Waals surface area contributed by atoms with Crippen molar-refractivity contribution in [2.45, 2.75) is 33.7 Å². The first kappa shape index (κ1) is 17.5. The van der Waals surface area contributed by atoms with Crippen LogP contribution in [0.1, 0.15) is 38.4 Å². The number of hydrogen-bond acceptors (Lipinski definition) is 4. The van der Waals surface area contributed by atoms with Crippen LogP contribution in [-0.2, 0) is 20.9 Å². The molecule has 138 valence electrons. The van der Waals surface area contributed by atoms with E-state index in [1.165, 1.54) is 0 Å². The smallest absolute Gasteiger partial charge is 0.316 e. The van der Waals surface area contributed by atoms with Gasteiger partial charge in [0.15, 0.2) is 0 Å². The summed E-state index contributed by atoms with van der Waals surface area (Å²) in [5.74, 6) is -0.400. The van der Waals surface area contributed by atoms with Crippen molar-refractivity contribution in [3.05, 3.63) is 59.3 Å². The molecule has 1 aromatic heterocycles. The Morgan fingerprint density at radius 2 is 2.15 bits per heavy atom. The molecule has 1 aromatic carbocycles. The van der Waals surface area contributed by atoms with E-state index in [4.69, 9.17) is 9.72 Å². The van der Waals surface area contributed by atoms with Crippen LogP contribution in [0.4, 0.5) is 0 Å². The number of carbonyl (C=O) groups excluding carboxylic acids is 2. The van der Waals surface area contributed by atoms with Gasteiger partial charge in [-0.2, -0.15) is 0 Å². The zero-order valence-corrected chi connectivity index (χ0v) is 15.8. The molecule has 5 nitrogen and oxygen atoms in total. The molecule has 1 amide bonds. The summed E-state index contributed by atoms with van der Waals surface area (Å²) in [6.45, 7) is 6.13. The molecule has 0 radical (unpaired) electrons. The minimum atomic E-state index is -0.751. The molecule has 0 bridgehead atoms. The molecule has 3 heterocycles. The summed E-state index contributed by atoms with van der Waals surface area (Å²) in [7, 11) is 0. The van der Waals surface area contributed by atoms with Gasteiger partial charge >= 0.3 is 5.97 Å². The summed E-state index contributed by atoms with van der Waals surface area (Å²) >= 11 is 0. The normalized spacial score (nSPS) is 23.4. The van der Waals surface area contributed by atoms with Crippen LogP contribution in [0.3, 0.4) is 0 Å². The Hall–Kier alpha value is -2.95. The van der Waals surface area contributed by atoms with Gasteiger partial charge in [0, 0.05) is 10.9 Å². The molecule has 27 heavy (non-hydrogen) atoms. The van der Waals surface area contributed by atoms with Crippen LogP contribution >= 0.6 is 0 Å². The Kier molecular flexibility index (Phi) is 4.10. The fourth-order valence-electron chi connectivity index (χ4n) is 3.70. The van der Waals surface area contributed by atoms with Gasteiger partial charge in [-0.3, -0.25) is 9.59 Å². The molecule has 0 aliphatic carbocycles.